The van der Waals surface area contributed by atoms with Crippen LogP contribution in [0.15, 0.2) is 36.4 Å². The Morgan fingerprint density at radius 3 is 1.09 bits per heavy atom. The smallest absolute Gasteiger partial charge is 0.300 e. The Balaban J connectivity index is 0.000000187. The Bertz CT molecular complexity index is 151. The molecule has 0 amide bonds. The van der Waals surface area contributed by atoms with E-state index >= 15 is 0 Å². The number of rotatable bonds is 2. The molecule has 0 bridgehead atoms. The molecule has 0 unspecified atom stereocenters. The minimum absolute atomic E-state index is 0.0625. The van der Waals surface area contributed by atoms with E-state index in [1.807, 2.05) is 36.4 Å². The maximum absolute atomic E-state index is 8.95. The Morgan fingerprint density at radius 2 is 1.00 bits per heavy atom. The van der Waals surface area contributed by atoms with Gasteiger partial charge >= 0.3 is 12.9 Å². The van der Waals surface area contributed by atoms with E-state index in [4.69, 9.17) is 9.59 Å². The van der Waals surface area contributed by atoms with Gasteiger partial charge in [-0.1, -0.05) is 36.4 Å². The van der Waals surface area contributed by atoms with Crippen molar-refractivity contribution in [3.05, 3.63) is 36.4 Å². The van der Waals surface area contributed by atoms with Crippen LogP contribution in [0.2, 0.25) is 0 Å². The summed E-state index contributed by atoms with van der Waals surface area (Å²) in [5.74, 6) is 0. The lowest BCUT2D eigenvalue weighted by atomic mass is 10.4. The van der Waals surface area contributed by atoms with Crippen LogP contribution < -0.4 is 0 Å². The first kappa shape index (κ1) is 9.36. The molecule has 11 heavy (non-hydrogen) atoms. The maximum Gasteiger partial charge on any atom is 0.300 e. The molecule has 1 aromatic carbocycles. The molecule has 1 rings (SSSR count). The highest BCUT2D eigenvalue weighted by Crippen LogP contribution is 1.79. The van der Waals surface area contributed by atoms with Crippen molar-refractivity contribution in [2.24, 2.45) is 0 Å². The van der Waals surface area contributed by atoms with E-state index < -0.39 is 0 Å². The van der Waals surface area contributed by atoms with Crippen molar-refractivity contribution in [1.82, 2.24) is 0 Å². The molecule has 3 heteroatoms. The number of carbonyl (C=O) groups is 2. The molecular formula is C8H8O3. The van der Waals surface area contributed by atoms with E-state index in [1.54, 1.807) is 0 Å². The molecule has 0 N–H and O–H groups in total. The summed E-state index contributed by atoms with van der Waals surface area (Å²) < 4.78 is 3.47. The first-order chi connectivity index (χ1) is 5.41. The average Bonchev–Trinajstić information content (AvgIpc) is 2.10. The number of carbonyl (C=O) groups excluding carboxylic acids is 2. The van der Waals surface area contributed by atoms with Crippen molar-refractivity contribution < 1.29 is 14.3 Å². The van der Waals surface area contributed by atoms with Gasteiger partial charge in [0.05, 0.1) is 0 Å². The predicted molar refractivity (Wildman–Crippen MR) is 39.7 cm³/mol. The molecule has 0 heterocycles. The third-order valence-electron chi connectivity index (χ3n) is 0.778. The number of ether oxygens (including phenoxy) is 1. The summed E-state index contributed by atoms with van der Waals surface area (Å²) in [6.07, 6.45) is 0. The summed E-state index contributed by atoms with van der Waals surface area (Å²) in [5.41, 5.74) is 0. The van der Waals surface area contributed by atoms with Gasteiger partial charge in [-0.25, -0.2) is 0 Å². The number of hydrogen-bond donors (Lipinski definition) is 0. The number of benzene rings is 1. The molecule has 0 aliphatic heterocycles. The third kappa shape index (κ3) is 8.36. The second-order valence-electron chi connectivity index (χ2n) is 1.48. The maximum atomic E-state index is 8.95. The van der Waals surface area contributed by atoms with Crippen LogP contribution in [0.3, 0.4) is 0 Å². The van der Waals surface area contributed by atoms with Crippen LogP contribution in [-0.4, -0.2) is 12.9 Å². The van der Waals surface area contributed by atoms with Gasteiger partial charge in [0, 0.05) is 0 Å². The van der Waals surface area contributed by atoms with Gasteiger partial charge in [0.25, 0.3) is 0 Å². The lowest BCUT2D eigenvalue weighted by molar-refractivity contribution is -0.141. The third-order valence-corrected chi connectivity index (χ3v) is 0.778. The Kier molecular flexibility index (Phi) is 7.11. The van der Waals surface area contributed by atoms with E-state index in [2.05, 4.69) is 4.74 Å². The summed E-state index contributed by atoms with van der Waals surface area (Å²) >= 11 is 0. The fraction of sp³-hybridized carbons (Fsp3) is 0. The van der Waals surface area contributed by atoms with Crippen molar-refractivity contribution in [2.75, 3.05) is 0 Å². The first-order valence-corrected chi connectivity index (χ1v) is 2.94. The highest BCUT2D eigenvalue weighted by molar-refractivity contribution is 5.55. The monoisotopic (exact) mass is 152 g/mol. The van der Waals surface area contributed by atoms with Crippen LogP contribution >= 0.6 is 0 Å². The highest BCUT2D eigenvalue weighted by atomic mass is 16.6. The van der Waals surface area contributed by atoms with Gasteiger partial charge in [0.2, 0.25) is 0 Å². The minimum Gasteiger partial charge on any atom is -0.398 e. The molecule has 0 saturated carbocycles. The summed E-state index contributed by atoms with van der Waals surface area (Å²) in [5, 5.41) is 0. The van der Waals surface area contributed by atoms with Crippen LogP contribution in [0.1, 0.15) is 0 Å². The van der Waals surface area contributed by atoms with Gasteiger partial charge in [-0.05, 0) is 0 Å². The molecule has 0 aromatic heterocycles. The SMILES string of the molecule is O=COC=O.c1ccccc1. The van der Waals surface area contributed by atoms with Crippen LogP contribution in [0, 0.1) is 0 Å². The van der Waals surface area contributed by atoms with Crippen LogP contribution in [0.5, 0.6) is 0 Å². The van der Waals surface area contributed by atoms with Crippen molar-refractivity contribution in [1.29, 1.82) is 0 Å². The van der Waals surface area contributed by atoms with Gasteiger partial charge in [0.15, 0.2) is 0 Å². The standard InChI is InChI=1S/C6H6.C2H2O3/c1-2-4-6-5-3-1;3-1-5-2-4/h1-6H;1-2H. The highest BCUT2D eigenvalue weighted by Gasteiger charge is 1.59. The zero-order valence-electron chi connectivity index (χ0n) is 5.84. The second kappa shape index (κ2) is 8.36. The van der Waals surface area contributed by atoms with E-state index in [-0.39, 0.29) is 12.9 Å². The Hall–Kier alpha value is -1.64. The Labute approximate surface area is 64.6 Å². The van der Waals surface area contributed by atoms with Crippen LogP contribution in [-0.2, 0) is 14.3 Å². The lowest BCUT2D eigenvalue weighted by Gasteiger charge is -1.69. The molecule has 0 radical (unpaired) electrons. The predicted octanol–water partition coefficient (Wildman–Crippen LogP) is 1.00. The first-order valence-electron chi connectivity index (χ1n) is 2.94. The molecule has 3 nitrogen and oxygen atoms in total. The van der Waals surface area contributed by atoms with Crippen molar-refractivity contribution in [2.45, 2.75) is 0 Å². The molecule has 0 aliphatic carbocycles. The molecule has 0 saturated heterocycles. The van der Waals surface area contributed by atoms with Crippen molar-refractivity contribution in [3.63, 3.8) is 0 Å². The fourth-order valence-electron chi connectivity index (χ4n) is 0.408. The zero-order valence-corrected chi connectivity index (χ0v) is 5.84. The number of hydrogen-bond acceptors (Lipinski definition) is 3. The second-order valence-corrected chi connectivity index (χ2v) is 1.48. The van der Waals surface area contributed by atoms with Gasteiger partial charge in [-0.15, -0.1) is 0 Å². The van der Waals surface area contributed by atoms with E-state index in [0.717, 1.165) is 0 Å². The normalized spacial score (nSPS) is 6.91. The topological polar surface area (TPSA) is 43.4 Å². The molecule has 0 atom stereocenters. The van der Waals surface area contributed by atoms with Crippen molar-refractivity contribution >= 4 is 12.9 Å². The lowest BCUT2D eigenvalue weighted by Crippen LogP contribution is -1.77. The van der Waals surface area contributed by atoms with Gasteiger partial charge in [-0.3, -0.25) is 9.59 Å². The molecule has 0 aliphatic rings. The van der Waals surface area contributed by atoms with E-state index in [1.165, 1.54) is 0 Å². The van der Waals surface area contributed by atoms with Crippen LogP contribution in [0.25, 0.3) is 0 Å². The van der Waals surface area contributed by atoms with Crippen LogP contribution in [0.4, 0.5) is 0 Å². The summed E-state index contributed by atoms with van der Waals surface area (Å²) in [6.45, 7) is 0.125. The molecular weight excluding hydrogens is 144 g/mol. The zero-order chi connectivity index (χ0) is 8.36. The quantitative estimate of drug-likeness (QED) is 0.469. The summed E-state index contributed by atoms with van der Waals surface area (Å²) in [4.78, 5) is 17.9. The molecule has 1 aromatic rings. The summed E-state index contributed by atoms with van der Waals surface area (Å²) in [7, 11) is 0. The fourth-order valence-corrected chi connectivity index (χ4v) is 0.408. The minimum atomic E-state index is 0.0625. The Morgan fingerprint density at radius 1 is 0.727 bits per heavy atom. The summed E-state index contributed by atoms with van der Waals surface area (Å²) in [6, 6.07) is 12.0. The molecule has 0 spiro atoms. The largest absolute Gasteiger partial charge is 0.398 e. The van der Waals surface area contributed by atoms with Gasteiger partial charge in [0.1, 0.15) is 0 Å². The van der Waals surface area contributed by atoms with E-state index in [9.17, 15) is 0 Å². The van der Waals surface area contributed by atoms with Crippen molar-refractivity contribution in [3.8, 4) is 0 Å². The average molecular weight is 152 g/mol. The van der Waals surface area contributed by atoms with Gasteiger partial charge in [-0.2, -0.15) is 0 Å². The molecule has 0 fully saturated rings. The van der Waals surface area contributed by atoms with E-state index in [0.29, 0.717) is 0 Å². The van der Waals surface area contributed by atoms with Gasteiger partial charge < -0.3 is 4.74 Å². The molecule has 58 valence electrons.